The Morgan fingerprint density at radius 3 is 2.30 bits per heavy atom. The zero-order chi connectivity index (χ0) is 37.6. The van der Waals surface area contributed by atoms with Crippen LogP contribution in [0.4, 0.5) is 9.59 Å². The third-order valence-electron chi connectivity index (χ3n) is 12.3. The van der Waals surface area contributed by atoms with Crippen molar-refractivity contribution in [2.75, 3.05) is 19.1 Å². The van der Waals surface area contributed by atoms with Gasteiger partial charge in [0, 0.05) is 31.3 Å². The van der Waals surface area contributed by atoms with Gasteiger partial charge in [-0.25, -0.2) is 18.0 Å². The highest BCUT2D eigenvalue weighted by atomic mass is 32.2. The maximum absolute atomic E-state index is 14.5. The number of allylic oxidation sites excluding steroid dienone is 2. The predicted molar refractivity (Wildman–Crippen MR) is 192 cm³/mol. The van der Waals surface area contributed by atoms with Gasteiger partial charge >= 0.3 is 12.2 Å². The van der Waals surface area contributed by atoms with Crippen LogP contribution in [0, 0.1) is 11.3 Å². The molecular formula is C39H49N3O11S. The first kappa shape index (κ1) is 36.8. The molecule has 3 aliphatic carbocycles. The van der Waals surface area contributed by atoms with Gasteiger partial charge < -0.3 is 29.2 Å². The van der Waals surface area contributed by atoms with E-state index in [9.17, 15) is 32.4 Å². The number of nitrogens with one attached hydrogen (secondary N) is 1. The summed E-state index contributed by atoms with van der Waals surface area (Å²) in [4.78, 5) is 72.3. The molecule has 1 aromatic rings. The van der Waals surface area contributed by atoms with E-state index in [4.69, 9.17) is 18.9 Å². The van der Waals surface area contributed by atoms with Crippen molar-refractivity contribution in [3.63, 3.8) is 0 Å². The minimum Gasteiger partial charge on any atom is -0.454 e. The van der Waals surface area contributed by atoms with Gasteiger partial charge in [-0.2, -0.15) is 0 Å². The van der Waals surface area contributed by atoms with Crippen LogP contribution in [0.15, 0.2) is 24.3 Å². The van der Waals surface area contributed by atoms with Gasteiger partial charge in [0.05, 0.1) is 17.8 Å². The van der Waals surface area contributed by atoms with Gasteiger partial charge in [0.25, 0.3) is 0 Å². The molecule has 292 valence electrons. The lowest BCUT2D eigenvalue weighted by molar-refractivity contribution is -0.140. The number of sulfone groups is 1. The highest BCUT2D eigenvalue weighted by Crippen LogP contribution is 2.58. The smallest absolute Gasteiger partial charge is 0.410 e. The summed E-state index contributed by atoms with van der Waals surface area (Å²) in [7, 11) is -3.62. The molecule has 7 aliphatic rings. The Labute approximate surface area is 315 Å². The van der Waals surface area contributed by atoms with Crippen LogP contribution in [0.3, 0.4) is 0 Å². The van der Waals surface area contributed by atoms with E-state index in [2.05, 4.69) is 5.32 Å². The molecule has 0 aromatic heterocycles. The van der Waals surface area contributed by atoms with Crippen molar-refractivity contribution in [1.29, 1.82) is 0 Å². The van der Waals surface area contributed by atoms with Gasteiger partial charge in [0.1, 0.15) is 24.0 Å². The maximum Gasteiger partial charge on any atom is 0.410 e. The number of fused-ring (bicyclic) bond motifs is 4. The van der Waals surface area contributed by atoms with Crippen molar-refractivity contribution in [3.8, 4) is 11.5 Å². The van der Waals surface area contributed by atoms with Crippen molar-refractivity contribution >= 4 is 39.5 Å². The van der Waals surface area contributed by atoms with E-state index in [0.717, 1.165) is 56.1 Å². The topological polar surface area (TPSA) is 175 Å². The molecule has 1 saturated heterocycles. The Kier molecular flexibility index (Phi) is 10.1. The molecule has 1 aromatic carbocycles. The van der Waals surface area contributed by atoms with Crippen LogP contribution in [0.2, 0.25) is 0 Å². The average Bonchev–Trinajstić information content (AvgIpc) is 3.78. The van der Waals surface area contributed by atoms with E-state index >= 15 is 0 Å². The van der Waals surface area contributed by atoms with Crippen LogP contribution in [-0.2, 0) is 46.8 Å². The fraction of sp³-hybridized carbons (Fsp3) is 0.667. The Morgan fingerprint density at radius 1 is 0.889 bits per heavy atom. The number of rotatable bonds is 7. The number of carbonyl (C=O) groups excluding carboxylic acids is 5. The van der Waals surface area contributed by atoms with Crippen LogP contribution >= 0.6 is 0 Å². The number of ketones is 2. The van der Waals surface area contributed by atoms with E-state index in [-0.39, 0.29) is 44.0 Å². The highest BCUT2D eigenvalue weighted by molar-refractivity contribution is 7.93. The molecule has 0 bridgehead atoms. The molecule has 4 heterocycles. The number of carbonyl (C=O) groups is 5. The molecule has 54 heavy (non-hydrogen) atoms. The van der Waals surface area contributed by atoms with Gasteiger partial charge in [-0.05, 0) is 93.4 Å². The largest absolute Gasteiger partial charge is 0.454 e. The molecule has 3 saturated carbocycles. The lowest BCUT2D eigenvalue weighted by Crippen LogP contribution is -2.52. The molecule has 0 radical (unpaired) electrons. The first-order valence-electron chi connectivity index (χ1n) is 19.6. The second-order valence-corrected chi connectivity index (χ2v) is 18.5. The maximum atomic E-state index is 14.5. The molecule has 0 unspecified atom stereocenters. The zero-order valence-corrected chi connectivity index (χ0v) is 31.3. The molecule has 4 fully saturated rings. The number of benzene rings is 1. The minimum absolute atomic E-state index is 0.0114. The van der Waals surface area contributed by atoms with Crippen LogP contribution < -0.4 is 14.8 Å². The van der Waals surface area contributed by atoms with Gasteiger partial charge in [0.2, 0.25) is 12.7 Å². The summed E-state index contributed by atoms with van der Waals surface area (Å²) in [5.41, 5.74) is 0.647. The first-order chi connectivity index (χ1) is 26.0. The van der Waals surface area contributed by atoms with Gasteiger partial charge in [-0.15, -0.1) is 0 Å². The number of alkyl carbamates (subject to hydrolysis) is 1. The first-order valence-corrected chi connectivity index (χ1v) is 21.3. The number of ether oxygens (including phenoxy) is 4. The quantitative estimate of drug-likeness (QED) is 0.387. The van der Waals surface area contributed by atoms with E-state index < -0.39 is 68.3 Å². The fourth-order valence-corrected chi connectivity index (χ4v) is 10.7. The summed E-state index contributed by atoms with van der Waals surface area (Å²) in [6.07, 6.45) is 9.64. The summed E-state index contributed by atoms with van der Waals surface area (Å²) >= 11 is 0. The Morgan fingerprint density at radius 2 is 1.59 bits per heavy atom. The molecule has 3 amide bonds. The van der Waals surface area contributed by atoms with E-state index in [1.807, 2.05) is 24.3 Å². The number of hydrogen-bond donors (Lipinski definition) is 1. The van der Waals surface area contributed by atoms with Gasteiger partial charge in [-0.3, -0.25) is 19.3 Å². The van der Waals surface area contributed by atoms with Gasteiger partial charge in [-0.1, -0.05) is 25.0 Å². The normalized spacial score (nSPS) is 30.4. The molecule has 8 rings (SSSR count). The molecule has 0 spiro atoms. The number of hydrogen-bond acceptors (Lipinski definition) is 11. The Bertz CT molecular complexity index is 1800. The second-order valence-electron chi connectivity index (χ2n) is 16.2. The van der Waals surface area contributed by atoms with Crippen LogP contribution in [0.5, 0.6) is 11.5 Å². The second kappa shape index (κ2) is 14.8. The third-order valence-corrected chi connectivity index (χ3v) is 14.5. The molecule has 5 atom stereocenters. The number of Topliss-reactive ketones (excluding diaryl/α,β-unsaturated/α-hetero) is 2. The molecule has 4 aliphatic heterocycles. The lowest BCUT2D eigenvalue weighted by Gasteiger charge is -2.29. The van der Waals surface area contributed by atoms with Crippen LogP contribution in [-0.4, -0.2) is 96.5 Å². The summed E-state index contributed by atoms with van der Waals surface area (Å²) in [5, 5.41) is 2.29. The van der Waals surface area contributed by atoms with Crippen molar-refractivity contribution in [2.24, 2.45) is 11.3 Å². The van der Waals surface area contributed by atoms with Crippen molar-refractivity contribution in [2.45, 2.75) is 133 Å². The van der Waals surface area contributed by atoms with E-state index in [1.165, 1.54) is 9.80 Å². The zero-order valence-electron chi connectivity index (χ0n) is 30.5. The monoisotopic (exact) mass is 767 g/mol. The highest BCUT2D eigenvalue weighted by Gasteiger charge is 2.61. The lowest BCUT2D eigenvalue weighted by atomic mass is 9.88. The minimum atomic E-state index is -3.62. The summed E-state index contributed by atoms with van der Waals surface area (Å²) in [6.45, 7) is 0.654. The van der Waals surface area contributed by atoms with Crippen molar-refractivity contribution in [3.05, 3.63) is 35.4 Å². The van der Waals surface area contributed by atoms with Crippen LogP contribution in [0.1, 0.15) is 101 Å². The Hall–Kier alpha value is -4.14. The molecule has 14 nitrogen and oxygen atoms in total. The Balaban J connectivity index is 1.02. The number of nitrogens with zero attached hydrogens (tertiary/aromatic N) is 2. The molecular weight excluding hydrogens is 719 g/mol. The van der Waals surface area contributed by atoms with Crippen molar-refractivity contribution < 1.29 is 51.3 Å². The van der Waals surface area contributed by atoms with Crippen LogP contribution in [0.25, 0.3) is 0 Å². The molecule has 15 heteroatoms. The predicted octanol–water partition coefficient (Wildman–Crippen LogP) is 4.51. The molecule has 1 N–H and O–H groups in total. The van der Waals surface area contributed by atoms with E-state index in [1.54, 1.807) is 0 Å². The average molecular weight is 768 g/mol. The third kappa shape index (κ3) is 7.70. The summed E-state index contributed by atoms with van der Waals surface area (Å²) in [5.74, 6) is -0.961. The summed E-state index contributed by atoms with van der Waals surface area (Å²) < 4.78 is 48.5. The van der Waals surface area contributed by atoms with Crippen molar-refractivity contribution in [1.82, 2.24) is 15.1 Å². The number of amides is 3. The van der Waals surface area contributed by atoms with Gasteiger partial charge in [0.15, 0.2) is 32.9 Å². The van der Waals surface area contributed by atoms with E-state index in [0.29, 0.717) is 56.7 Å². The fourth-order valence-electron chi connectivity index (χ4n) is 8.91. The SMILES string of the molecule is O=C(N[C@H]1CCCCC/C=C\[C@@H]2C[C@@]2(C(=O)CS(=O)(=O)C2CC2)CC(=O)[C@@H]2C[C@@H](OC(=O)N3Cc4cc5c(cc4C3)OCO5)CN2C1=O)OC1CCCC1. The standard InChI is InChI=1S/C39H49N3O11S/c43-32-18-39(35(44)22-54(48,49)29-12-13-29)17-26(39)8-4-2-1-3-5-11-30(40-37(46)52-27-9-6-7-10-27)36(45)42-21-28(16-31(32)42)53-38(47)41-19-24-14-33-34(51-23-50-33)15-25(24)20-41/h4,8,14-15,26-31H,1-3,5-7,9-13,16-23H2,(H,40,46)/b8-4-/t26-,28-,30+,31+,39-/m1/s1. The summed E-state index contributed by atoms with van der Waals surface area (Å²) in [6, 6.07) is 1.69.